The molecule has 0 N–H and O–H groups in total. The van der Waals surface area contributed by atoms with Crippen molar-refractivity contribution < 1.29 is 13.2 Å². The molecule has 114 valence electrons. The van der Waals surface area contributed by atoms with Gasteiger partial charge in [0, 0.05) is 20.1 Å². The van der Waals surface area contributed by atoms with E-state index in [0.29, 0.717) is 18.8 Å². The second kappa shape index (κ2) is 6.56. The summed E-state index contributed by atoms with van der Waals surface area (Å²) in [7, 11) is 3.37. The van der Waals surface area contributed by atoms with Gasteiger partial charge < -0.3 is 9.64 Å². The molecule has 0 aliphatic rings. The molecule has 1 aromatic carbocycles. The Morgan fingerprint density at radius 1 is 1.05 bits per heavy atom. The molecule has 20 heavy (non-hydrogen) atoms. The highest BCUT2D eigenvalue weighted by Gasteiger charge is 2.25. The van der Waals surface area contributed by atoms with E-state index in [9.17, 15) is 8.42 Å². The van der Waals surface area contributed by atoms with Crippen LogP contribution in [0.15, 0.2) is 17.0 Å². The number of aryl methyl sites for hydroxylation is 2. The van der Waals surface area contributed by atoms with Gasteiger partial charge in [-0.3, -0.25) is 0 Å². The summed E-state index contributed by atoms with van der Waals surface area (Å²) in [6.07, 6.45) is 0. The van der Waals surface area contributed by atoms with Crippen molar-refractivity contribution in [3.05, 3.63) is 23.3 Å². The van der Waals surface area contributed by atoms with Crippen LogP contribution in [-0.2, 0) is 10.0 Å². The molecular formula is C14H24N2O3S. The Labute approximate surface area is 122 Å². The predicted molar refractivity (Wildman–Crippen MR) is 80.8 cm³/mol. The van der Waals surface area contributed by atoms with Crippen molar-refractivity contribution in [3.63, 3.8) is 0 Å². The molecule has 6 heteroatoms. The van der Waals surface area contributed by atoms with Gasteiger partial charge in [0.1, 0.15) is 10.6 Å². The summed E-state index contributed by atoms with van der Waals surface area (Å²) in [6, 6.07) is 3.44. The van der Waals surface area contributed by atoms with E-state index in [1.807, 2.05) is 32.8 Å². The average Bonchev–Trinajstić information content (AvgIpc) is 2.38. The topological polar surface area (TPSA) is 49.9 Å². The Bertz CT molecular complexity index is 568. The number of nitrogens with zero attached hydrogens (tertiary/aromatic N) is 2. The van der Waals surface area contributed by atoms with Crippen molar-refractivity contribution in [1.82, 2.24) is 9.21 Å². The minimum absolute atomic E-state index is 0.226. The predicted octanol–water partition coefficient (Wildman–Crippen LogP) is 1.49. The fourth-order valence-electron chi connectivity index (χ4n) is 1.75. The molecular weight excluding hydrogens is 276 g/mol. The van der Waals surface area contributed by atoms with Gasteiger partial charge in [-0.1, -0.05) is 0 Å². The smallest absolute Gasteiger partial charge is 0.246 e. The van der Waals surface area contributed by atoms with Crippen molar-refractivity contribution in [2.75, 3.05) is 41.3 Å². The summed E-state index contributed by atoms with van der Waals surface area (Å²) in [6.45, 7) is 4.94. The van der Waals surface area contributed by atoms with Crippen molar-refractivity contribution in [2.45, 2.75) is 18.7 Å². The van der Waals surface area contributed by atoms with Gasteiger partial charge in [0.15, 0.2) is 0 Å². The zero-order chi connectivity index (χ0) is 15.5. The molecule has 0 aromatic heterocycles. The number of hydrogen-bond donors (Lipinski definition) is 0. The molecule has 0 fully saturated rings. The molecule has 0 aliphatic carbocycles. The Morgan fingerprint density at radius 3 is 2.10 bits per heavy atom. The minimum Gasteiger partial charge on any atom is -0.495 e. The molecule has 5 nitrogen and oxygen atoms in total. The third-order valence-corrected chi connectivity index (χ3v) is 5.21. The van der Waals surface area contributed by atoms with E-state index in [1.54, 1.807) is 19.2 Å². The number of likely N-dealkylation sites (N-methyl/N-ethyl adjacent to an activating group) is 2. The zero-order valence-electron chi connectivity index (χ0n) is 13.1. The molecule has 0 atom stereocenters. The van der Waals surface area contributed by atoms with E-state index in [1.165, 1.54) is 11.4 Å². The fourth-order valence-corrected chi connectivity index (χ4v) is 3.13. The van der Waals surface area contributed by atoms with Crippen LogP contribution in [0, 0.1) is 13.8 Å². The number of hydrogen-bond acceptors (Lipinski definition) is 4. The maximum Gasteiger partial charge on any atom is 0.246 e. The van der Waals surface area contributed by atoms with Crippen molar-refractivity contribution in [2.24, 2.45) is 0 Å². The van der Waals surface area contributed by atoms with Crippen LogP contribution in [0.4, 0.5) is 0 Å². The lowest BCUT2D eigenvalue weighted by atomic mass is 10.1. The quantitative estimate of drug-likeness (QED) is 0.799. The Morgan fingerprint density at radius 2 is 1.60 bits per heavy atom. The van der Waals surface area contributed by atoms with Crippen molar-refractivity contribution in [3.8, 4) is 5.75 Å². The first kappa shape index (κ1) is 16.9. The van der Waals surface area contributed by atoms with Gasteiger partial charge in [-0.25, -0.2) is 8.42 Å². The largest absolute Gasteiger partial charge is 0.495 e. The number of methoxy groups -OCH3 is 1. The van der Waals surface area contributed by atoms with Gasteiger partial charge in [0.2, 0.25) is 10.0 Å². The van der Waals surface area contributed by atoms with Gasteiger partial charge in [0.05, 0.1) is 7.11 Å². The normalized spacial score (nSPS) is 12.2. The molecule has 0 amide bonds. The highest BCUT2D eigenvalue weighted by atomic mass is 32.2. The number of ether oxygens (including phenoxy) is 1. The van der Waals surface area contributed by atoms with E-state index >= 15 is 0 Å². The summed E-state index contributed by atoms with van der Waals surface area (Å²) < 4.78 is 31.8. The number of sulfonamides is 1. The summed E-state index contributed by atoms with van der Waals surface area (Å²) in [5.74, 6) is 0.393. The molecule has 1 rings (SSSR count). The molecule has 0 heterocycles. The van der Waals surface area contributed by atoms with E-state index in [0.717, 1.165) is 11.1 Å². The maximum absolute atomic E-state index is 12.6. The first-order valence-corrected chi connectivity index (χ1v) is 7.90. The van der Waals surface area contributed by atoms with Gasteiger partial charge in [-0.05, 0) is 51.2 Å². The van der Waals surface area contributed by atoms with Gasteiger partial charge in [-0.15, -0.1) is 0 Å². The van der Waals surface area contributed by atoms with Gasteiger partial charge >= 0.3 is 0 Å². The van der Waals surface area contributed by atoms with Crippen LogP contribution in [0.25, 0.3) is 0 Å². The summed E-state index contributed by atoms with van der Waals surface area (Å²) >= 11 is 0. The molecule has 0 aliphatic heterocycles. The first-order valence-electron chi connectivity index (χ1n) is 6.46. The lowest BCUT2D eigenvalue weighted by molar-refractivity contribution is 0.356. The highest BCUT2D eigenvalue weighted by Crippen LogP contribution is 2.29. The van der Waals surface area contributed by atoms with Gasteiger partial charge in [-0.2, -0.15) is 4.31 Å². The van der Waals surface area contributed by atoms with Crippen LogP contribution in [0.3, 0.4) is 0 Å². The Kier molecular flexibility index (Phi) is 5.56. The average molecular weight is 300 g/mol. The molecule has 0 saturated heterocycles. The van der Waals surface area contributed by atoms with Crippen molar-refractivity contribution >= 4 is 10.0 Å². The van der Waals surface area contributed by atoms with E-state index in [-0.39, 0.29) is 4.90 Å². The third kappa shape index (κ3) is 3.71. The molecule has 0 radical (unpaired) electrons. The molecule has 1 aromatic rings. The number of benzene rings is 1. The summed E-state index contributed by atoms with van der Waals surface area (Å²) in [4.78, 5) is 2.17. The van der Waals surface area contributed by atoms with E-state index in [2.05, 4.69) is 0 Å². The van der Waals surface area contributed by atoms with Gasteiger partial charge in [0.25, 0.3) is 0 Å². The zero-order valence-corrected chi connectivity index (χ0v) is 13.9. The molecule has 0 saturated carbocycles. The van der Waals surface area contributed by atoms with Crippen LogP contribution >= 0.6 is 0 Å². The standard InChI is InChI=1S/C14H24N2O3S/c1-11-9-13(19-6)14(10-12(11)2)20(17,18)16(5)8-7-15(3)4/h9-10H,7-8H2,1-6H3. The lowest BCUT2D eigenvalue weighted by Gasteiger charge is -2.21. The van der Waals surface area contributed by atoms with Crippen LogP contribution in [0.2, 0.25) is 0 Å². The summed E-state index contributed by atoms with van der Waals surface area (Å²) in [5, 5.41) is 0. The van der Waals surface area contributed by atoms with E-state index in [4.69, 9.17) is 4.74 Å². The number of rotatable bonds is 6. The Balaban J connectivity index is 3.18. The fraction of sp³-hybridized carbons (Fsp3) is 0.571. The summed E-state index contributed by atoms with van der Waals surface area (Å²) in [5.41, 5.74) is 1.95. The molecule has 0 unspecified atom stereocenters. The third-order valence-electron chi connectivity index (χ3n) is 3.33. The maximum atomic E-state index is 12.6. The molecule has 0 spiro atoms. The van der Waals surface area contributed by atoms with Crippen LogP contribution in [0.5, 0.6) is 5.75 Å². The highest BCUT2D eigenvalue weighted by molar-refractivity contribution is 7.89. The first-order chi connectivity index (χ1) is 9.20. The van der Waals surface area contributed by atoms with Crippen LogP contribution in [-0.4, -0.2) is 59.0 Å². The monoisotopic (exact) mass is 300 g/mol. The van der Waals surface area contributed by atoms with Crippen LogP contribution < -0.4 is 4.74 Å². The second-order valence-corrected chi connectivity index (χ2v) is 7.23. The minimum atomic E-state index is -3.53. The second-order valence-electron chi connectivity index (χ2n) is 5.22. The van der Waals surface area contributed by atoms with Crippen LogP contribution in [0.1, 0.15) is 11.1 Å². The lowest BCUT2D eigenvalue weighted by Crippen LogP contribution is -2.33. The van der Waals surface area contributed by atoms with Crippen molar-refractivity contribution in [1.29, 1.82) is 0 Å². The molecule has 0 bridgehead atoms. The SMILES string of the molecule is COc1cc(C)c(C)cc1S(=O)(=O)N(C)CCN(C)C. The van der Waals surface area contributed by atoms with E-state index < -0.39 is 10.0 Å². The Hall–Kier alpha value is -1.11.